The lowest BCUT2D eigenvalue weighted by molar-refractivity contribution is 0.0380. The monoisotopic (exact) mass is 279 g/mol. The third kappa shape index (κ3) is 4.39. The van der Waals surface area contributed by atoms with Gasteiger partial charge in [-0.3, -0.25) is 0 Å². The van der Waals surface area contributed by atoms with Gasteiger partial charge in [-0.05, 0) is 36.6 Å². The van der Waals surface area contributed by atoms with Crippen molar-refractivity contribution >= 4 is 0 Å². The number of hydrogen-bond acceptors (Lipinski definition) is 4. The fourth-order valence-corrected chi connectivity index (χ4v) is 2.10. The first-order valence-corrected chi connectivity index (χ1v) is 7.40. The molecule has 1 N–H and O–H groups in total. The molecule has 0 fully saturated rings. The van der Waals surface area contributed by atoms with E-state index in [1.54, 1.807) is 0 Å². The molecule has 4 heteroatoms. The Kier molecular flexibility index (Phi) is 5.68. The van der Waals surface area contributed by atoms with Gasteiger partial charge in [-0.25, -0.2) is 0 Å². The number of rotatable bonds is 8. The maximum absolute atomic E-state index is 5.96. The highest BCUT2D eigenvalue weighted by molar-refractivity contribution is 5.44. The Morgan fingerprint density at radius 1 is 1.20 bits per heavy atom. The third-order valence-electron chi connectivity index (χ3n) is 3.30. The summed E-state index contributed by atoms with van der Waals surface area (Å²) >= 11 is 0. The summed E-state index contributed by atoms with van der Waals surface area (Å²) < 4.78 is 16.6. The largest absolute Gasteiger partial charge is 0.454 e. The van der Waals surface area contributed by atoms with Crippen LogP contribution in [0.2, 0.25) is 0 Å². The number of benzene rings is 1. The Balaban J connectivity index is 1.77. The van der Waals surface area contributed by atoms with Gasteiger partial charge in [0.1, 0.15) is 0 Å². The van der Waals surface area contributed by atoms with Crippen LogP contribution in [0, 0.1) is 5.92 Å². The minimum atomic E-state index is 0.249. The molecule has 0 radical (unpaired) electrons. The highest BCUT2D eigenvalue weighted by Gasteiger charge is 2.14. The van der Waals surface area contributed by atoms with E-state index in [1.165, 1.54) is 0 Å². The quantitative estimate of drug-likeness (QED) is 0.794. The predicted molar refractivity (Wildman–Crippen MR) is 79.1 cm³/mol. The van der Waals surface area contributed by atoms with Gasteiger partial charge < -0.3 is 19.5 Å². The summed E-state index contributed by atoms with van der Waals surface area (Å²) in [4.78, 5) is 0. The second-order valence-electron chi connectivity index (χ2n) is 5.58. The van der Waals surface area contributed by atoms with Crippen LogP contribution in [0.4, 0.5) is 0 Å². The van der Waals surface area contributed by atoms with E-state index >= 15 is 0 Å². The van der Waals surface area contributed by atoms with Crippen LogP contribution in [0.1, 0.15) is 32.8 Å². The molecule has 0 aliphatic carbocycles. The summed E-state index contributed by atoms with van der Waals surface area (Å²) in [5.41, 5.74) is 1.12. The minimum absolute atomic E-state index is 0.249. The Labute approximate surface area is 121 Å². The lowest BCUT2D eigenvalue weighted by atomic mass is 10.2. The van der Waals surface area contributed by atoms with Crippen molar-refractivity contribution in [2.24, 2.45) is 5.92 Å². The van der Waals surface area contributed by atoms with E-state index in [2.05, 4.69) is 26.1 Å². The van der Waals surface area contributed by atoms with Crippen molar-refractivity contribution in [3.05, 3.63) is 23.8 Å². The highest BCUT2D eigenvalue weighted by Crippen LogP contribution is 2.32. The lowest BCUT2D eigenvalue weighted by Gasteiger charge is -2.18. The van der Waals surface area contributed by atoms with Crippen molar-refractivity contribution in [3.63, 3.8) is 0 Å². The Morgan fingerprint density at radius 3 is 2.75 bits per heavy atom. The van der Waals surface area contributed by atoms with Gasteiger partial charge in [0.05, 0.1) is 12.7 Å². The van der Waals surface area contributed by atoms with Gasteiger partial charge in [-0.2, -0.15) is 0 Å². The van der Waals surface area contributed by atoms with Crippen molar-refractivity contribution in [2.45, 2.75) is 39.9 Å². The molecule has 0 amide bonds. The third-order valence-corrected chi connectivity index (χ3v) is 3.30. The van der Waals surface area contributed by atoms with Crippen LogP contribution in [0.25, 0.3) is 0 Å². The molecule has 1 aliphatic heterocycles. The summed E-state index contributed by atoms with van der Waals surface area (Å²) in [7, 11) is 0. The zero-order valence-electron chi connectivity index (χ0n) is 12.6. The number of ether oxygens (including phenoxy) is 3. The normalized spacial score (nSPS) is 14.8. The first-order chi connectivity index (χ1) is 9.69. The number of hydrogen-bond donors (Lipinski definition) is 1. The van der Waals surface area contributed by atoms with Crippen LogP contribution in [-0.4, -0.2) is 26.0 Å². The van der Waals surface area contributed by atoms with E-state index in [1.807, 2.05) is 18.2 Å². The molecule has 0 saturated carbocycles. The van der Waals surface area contributed by atoms with Crippen molar-refractivity contribution < 1.29 is 14.2 Å². The fourth-order valence-electron chi connectivity index (χ4n) is 2.10. The standard InChI is InChI=1S/C16H25NO3/c1-4-14(9-17-8-12(2)3)18-10-13-5-6-15-16(7-13)20-11-19-15/h5-7,12,14,17H,4,8-11H2,1-3H3. The van der Waals surface area contributed by atoms with Gasteiger partial charge in [0, 0.05) is 6.54 Å². The summed E-state index contributed by atoms with van der Waals surface area (Å²) in [6.07, 6.45) is 1.26. The SMILES string of the molecule is CCC(CNCC(C)C)OCc1ccc2c(c1)OCO2. The maximum atomic E-state index is 5.96. The summed E-state index contributed by atoms with van der Waals surface area (Å²) in [6, 6.07) is 5.97. The molecule has 4 nitrogen and oxygen atoms in total. The smallest absolute Gasteiger partial charge is 0.231 e. The van der Waals surface area contributed by atoms with Crippen LogP contribution in [0.5, 0.6) is 11.5 Å². The maximum Gasteiger partial charge on any atom is 0.231 e. The average Bonchev–Trinajstić information content (AvgIpc) is 2.89. The average molecular weight is 279 g/mol. The summed E-state index contributed by atoms with van der Waals surface area (Å²) in [6.45, 7) is 9.43. The Hall–Kier alpha value is -1.26. The molecule has 0 spiro atoms. The zero-order chi connectivity index (χ0) is 14.4. The topological polar surface area (TPSA) is 39.7 Å². The van der Waals surface area contributed by atoms with Crippen LogP contribution in [0.15, 0.2) is 18.2 Å². The van der Waals surface area contributed by atoms with Crippen molar-refractivity contribution in [1.29, 1.82) is 0 Å². The van der Waals surface area contributed by atoms with E-state index in [4.69, 9.17) is 14.2 Å². The molecule has 1 unspecified atom stereocenters. The molecule has 0 aromatic heterocycles. The summed E-state index contributed by atoms with van der Waals surface area (Å²) in [5.74, 6) is 2.30. The van der Waals surface area contributed by atoms with E-state index in [0.717, 1.165) is 36.6 Å². The number of nitrogens with one attached hydrogen (secondary N) is 1. The molecular weight excluding hydrogens is 254 g/mol. The van der Waals surface area contributed by atoms with Gasteiger partial charge >= 0.3 is 0 Å². The van der Waals surface area contributed by atoms with Gasteiger partial charge in [0.25, 0.3) is 0 Å². The van der Waals surface area contributed by atoms with Crippen LogP contribution < -0.4 is 14.8 Å². The van der Waals surface area contributed by atoms with Gasteiger partial charge in [0.15, 0.2) is 11.5 Å². The molecule has 1 heterocycles. The molecule has 1 aromatic carbocycles. The van der Waals surface area contributed by atoms with Crippen molar-refractivity contribution in [3.8, 4) is 11.5 Å². The second-order valence-corrected chi connectivity index (χ2v) is 5.58. The first-order valence-electron chi connectivity index (χ1n) is 7.40. The van der Waals surface area contributed by atoms with E-state index < -0.39 is 0 Å². The minimum Gasteiger partial charge on any atom is -0.454 e. The van der Waals surface area contributed by atoms with Crippen molar-refractivity contribution in [1.82, 2.24) is 5.32 Å². The molecule has 112 valence electrons. The molecule has 1 aliphatic rings. The van der Waals surface area contributed by atoms with E-state index in [-0.39, 0.29) is 6.10 Å². The van der Waals surface area contributed by atoms with E-state index in [9.17, 15) is 0 Å². The van der Waals surface area contributed by atoms with Gasteiger partial charge in [-0.1, -0.05) is 26.8 Å². The lowest BCUT2D eigenvalue weighted by Crippen LogP contribution is -2.31. The molecule has 0 bridgehead atoms. The molecular formula is C16H25NO3. The van der Waals surface area contributed by atoms with Crippen LogP contribution in [-0.2, 0) is 11.3 Å². The van der Waals surface area contributed by atoms with Crippen LogP contribution in [0.3, 0.4) is 0 Å². The first kappa shape index (κ1) is 15.1. The molecule has 1 atom stereocenters. The second kappa shape index (κ2) is 7.50. The van der Waals surface area contributed by atoms with Crippen LogP contribution >= 0.6 is 0 Å². The fraction of sp³-hybridized carbons (Fsp3) is 0.625. The Morgan fingerprint density at radius 2 is 2.00 bits per heavy atom. The van der Waals surface area contributed by atoms with E-state index in [0.29, 0.717) is 19.3 Å². The van der Waals surface area contributed by atoms with Gasteiger partial charge in [0.2, 0.25) is 6.79 Å². The molecule has 20 heavy (non-hydrogen) atoms. The summed E-state index contributed by atoms with van der Waals surface area (Å²) in [5, 5.41) is 3.44. The Bertz CT molecular complexity index is 420. The number of fused-ring (bicyclic) bond motifs is 1. The molecule has 0 saturated heterocycles. The molecule has 1 aromatic rings. The highest BCUT2D eigenvalue weighted by atomic mass is 16.7. The van der Waals surface area contributed by atoms with Gasteiger partial charge in [-0.15, -0.1) is 0 Å². The predicted octanol–water partition coefficient (Wildman–Crippen LogP) is 2.96. The zero-order valence-corrected chi connectivity index (χ0v) is 12.6. The molecule has 2 rings (SSSR count). The van der Waals surface area contributed by atoms with Crippen molar-refractivity contribution in [2.75, 3.05) is 19.9 Å².